The number of pyridine rings is 1. The van der Waals surface area contributed by atoms with E-state index in [1.54, 1.807) is 24.5 Å². The first-order chi connectivity index (χ1) is 6.86. The van der Waals surface area contributed by atoms with Crippen LogP contribution >= 0.6 is 0 Å². The van der Waals surface area contributed by atoms with Gasteiger partial charge >= 0.3 is 0 Å². The van der Waals surface area contributed by atoms with Crippen LogP contribution in [0.3, 0.4) is 0 Å². The molecule has 1 aromatic carbocycles. The fourth-order valence-corrected chi connectivity index (χ4v) is 1.61. The second-order valence-electron chi connectivity index (χ2n) is 3.09. The number of nitrogens with zero attached hydrogens (tertiary/aromatic N) is 2. The van der Waals surface area contributed by atoms with Crippen LogP contribution in [0.2, 0.25) is 0 Å². The van der Waals surface area contributed by atoms with E-state index in [1.807, 2.05) is 10.6 Å². The predicted molar refractivity (Wildman–Crippen MR) is 51.5 cm³/mol. The molecule has 2 nitrogen and oxygen atoms in total. The first kappa shape index (κ1) is 10.3. The van der Waals surface area contributed by atoms with Crippen molar-refractivity contribution in [3.8, 4) is 0 Å². The fourth-order valence-electron chi connectivity index (χ4n) is 1.61. The summed E-state index contributed by atoms with van der Waals surface area (Å²) in [4.78, 5) is 4.15. The number of rotatable bonds is 0. The predicted octanol–water partition coefficient (Wildman–Crippen LogP) is 2.42. The second-order valence-corrected chi connectivity index (χ2v) is 3.09. The summed E-state index contributed by atoms with van der Waals surface area (Å²) in [6, 6.07) is 7.71. The Labute approximate surface area is 99.1 Å². The van der Waals surface area contributed by atoms with Gasteiger partial charge in [-0.05, 0) is 6.20 Å². The molecule has 2 heterocycles. The average molecular weight is 377 g/mol. The van der Waals surface area contributed by atoms with Crippen molar-refractivity contribution in [3.63, 3.8) is 0 Å². The number of aromatic nitrogens is 2. The Morgan fingerprint density at radius 1 is 1.27 bits per heavy atom. The summed E-state index contributed by atoms with van der Waals surface area (Å²) >= 11 is 0. The minimum atomic E-state index is -0.232. The van der Waals surface area contributed by atoms with Gasteiger partial charge in [-0.25, -0.2) is 4.39 Å². The molecule has 0 amide bonds. The number of imidazole rings is 1. The van der Waals surface area contributed by atoms with Gasteiger partial charge in [-0.15, -0.1) is 18.2 Å². The first-order valence-electron chi connectivity index (χ1n) is 4.28. The van der Waals surface area contributed by atoms with Crippen molar-refractivity contribution in [3.05, 3.63) is 48.7 Å². The summed E-state index contributed by atoms with van der Waals surface area (Å²) in [5, 5.41) is 1.28. The van der Waals surface area contributed by atoms with E-state index in [0.29, 0.717) is 5.39 Å². The van der Waals surface area contributed by atoms with Crippen LogP contribution in [-0.2, 0) is 20.1 Å². The largest absolute Gasteiger partial charge is 0.347 e. The second kappa shape index (κ2) is 3.72. The van der Waals surface area contributed by atoms with Gasteiger partial charge in [-0.2, -0.15) is 0 Å². The number of halogens is 1. The first-order valence-corrected chi connectivity index (χ1v) is 4.28. The summed E-state index contributed by atoms with van der Waals surface area (Å²) < 4.78 is 15.2. The summed E-state index contributed by atoms with van der Waals surface area (Å²) in [6.45, 7) is 0. The van der Waals surface area contributed by atoms with Crippen molar-refractivity contribution in [2.75, 3.05) is 0 Å². The van der Waals surface area contributed by atoms with E-state index in [2.05, 4.69) is 11.1 Å². The van der Waals surface area contributed by atoms with Crippen molar-refractivity contribution in [2.45, 2.75) is 0 Å². The molecular weight excluding hydrogens is 371 g/mol. The Hall–Kier alpha value is -1.25. The van der Waals surface area contributed by atoms with E-state index >= 15 is 0 Å². The summed E-state index contributed by atoms with van der Waals surface area (Å²) in [5.41, 5.74) is 0.738. The molecule has 0 saturated heterocycles. The standard InChI is InChI=1S/C11H6FN2.Ir/c12-10-3-1-2-9-8(10)4-6-14-7-5-13-11(9)14;/h1,3-7H;/q-1;. The van der Waals surface area contributed by atoms with Gasteiger partial charge < -0.3 is 4.40 Å². The molecule has 15 heavy (non-hydrogen) atoms. The maximum atomic E-state index is 13.4. The summed E-state index contributed by atoms with van der Waals surface area (Å²) in [5.74, 6) is -0.232. The Bertz CT molecular complexity index is 618. The Kier molecular flexibility index (Phi) is 2.55. The SMILES string of the molecule is Fc1cc[c-]c2c1ccn1ccnc21.[Ir]. The van der Waals surface area contributed by atoms with Crippen LogP contribution in [0.1, 0.15) is 0 Å². The zero-order valence-electron chi connectivity index (χ0n) is 7.57. The van der Waals surface area contributed by atoms with E-state index < -0.39 is 0 Å². The van der Waals surface area contributed by atoms with Crippen molar-refractivity contribution < 1.29 is 24.5 Å². The van der Waals surface area contributed by atoms with Crippen molar-refractivity contribution in [2.24, 2.45) is 0 Å². The minimum Gasteiger partial charge on any atom is -0.347 e. The number of hydrogen-bond donors (Lipinski definition) is 0. The van der Waals surface area contributed by atoms with Crippen LogP contribution in [0.25, 0.3) is 16.4 Å². The zero-order valence-corrected chi connectivity index (χ0v) is 9.96. The molecule has 1 radical (unpaired) electrons. The van der Waals surface area contributed by atoms with Crippen LogP contribution < -0.4 is 0 Å². The van der Waals surface area contributed by atoms with Crippen LogP contribution in [-0.4, -0.2) is 9.38 Å². The van der Waals surface area contributed by atoms with E-state index in [4.69, 9.17) is 0 Å². The normalized spacial score (nSPS) is 10.5. The van der Waals surface area contributed by atoms with Crippen LogP contribution in [0.5, 0.6) is 0 Å². The van der Waals surface area contributed by atoms with Crippen LogP contribution in [0, 0.1) is 11.9 Å². The molecule has 0 aliphatic rings. The number of hydrogen-bond acceptors (Lipinski definition) is 1. The zero-order chi connectivity index (χ0) is 9.54. The molecule has 0 atom stereocenters. The maximum Gasteiger partial charge on any atom is 0.0604 e. The van der Waals surface area contributed by atoms with Crippen molar-refractivity contribution in [1.29, 1.82) is 0 Å². The van der Waals surface area contributed by atoms with Gasteiger partial charge in [-0.3, -0.25) is 4.98 Å². The summed E-state index contributed by atoms with van der Waals surface area (Å²) in [6.07, 6.45) is 5.31. The molecule has 0 aliphatic heterocycles. The minimum absolute atomic E-state index is 0. The molecule has 2 aromatic heterocycles. The van der Waals surface area contributed by atoms with Gasteiger partial charge in [0.1, 0.15) is 0 Å². The maximum absolute atomic E-state index is 13.4. The third-order valence-corrected chi connectivity index (χ3v) is 2.28. The molecule has 77 valence electrons. The van der Waals surface area contributed by atoms with Gasteiger partial charge in [-0.1, -0.05) is 16.8 Å². The van der Waals surface area contributed by atoms with Gasteiger partial charge in [0.15, 0.2) is 0 Å². The molecule has 0 fully saturated rings. The third-order valence-electron chi connectivity index (χ3n) is 2.28. The smallest absolute Gasteiger partial charge is 0.0604 e. The fraction of sp³-hybridized carbons (Fsp3) is 0. The monoisotopic (exact) mass is 378 g/mol. The van der Waals surface area contributed by atoms with Crippen molar-refractivity contribution in [1.82, 2.24) is 9.38 Å². The molecule has 3 rings (SSSR count). The van der Waals surface area contributed by atoms with E-state index in [9.17, 15) is 4.39 Å². The molecule has 0 unspecified atom stereocenters. The van der Waals surface area contributed by atoms with Gasteiger partial charge in [0.2, 0.25) is 0 Å². The van der Waals surface area contributed by atoms with Gasteiger partial charge in [0.05, 0.1) is 5.65 Å². The van der Waals surface area contributed by atoms with Gasteiger partial charge in [0, 0.05) is 38.3 Å². The third kappa shape index (κ3) is 1.46. The van der Waals surface area contributed by atoms with E-state index in [-0.39, 0.29) is 25.9 Å². The quantitative estimate of drug-likeness (QED) is 0.550. The van der Waals surface area contributed by atoms with Crippen molar-refractivity contribution >= 4 is 16.4 Å². The Balaban J connectivity index is 0.000000853. The number of fused-ring (bicyclic) bond motifs is 3. The van der Waals surface area contributed by atoms with E-state index in [0.717, 1.165) is 11.0 Å². The molecule has 4 heteroatoms. The number of benzene rings is 1. The Morgan fingerprint density at radius 3 is 3.00 bits per heavy atom. The molecule has 0 spiro atoms. The summed E-state index contributed by atoms with van der Waals surface area (Å²) in [7, 11) is 0. The Morgan fingerprint density at radius 2 is 2.13 bits per heavy atom. The molecule has 0 aliphatic carbocycles. The topological polar surface area (TPSA) is 17.3 Å². The molecule has 0 N–H and O–H groups in total. The van der Waals surface area contributed by atoms with Crippen LogP contribution in [0.15, 0.2) is 36.8 Å². The van der Waals surface area contributed by atoms with Gasteiger partial charge in [0.25, 0.3) is 0 Å². The molecule has 0 bridgehead atoms. The molecule has 0 saturated carbocycles. The van der Waals surface area contributed by atoms with Crippen LogP contribution in [0.4, 0.5) is 4.39 Å². The van der Waals surface area contributed by atoms with E-state index in [1.165, 1.54) is 6.07 Å². The molecular formula is C11H6FIrN2-. The molecule has 3 aromatic rings. The average Bonchev–Trinajstić information content (AvgIpc) is 2.66.